The third kappa shape index (κ3) is 1.98. The maximum Gasteiger partial charge on any atom is 0.184 e. The van der Waals surface area contributed by atoms with E-state index in [0.717, 1.165) is 0 Å². The van der Waals surface area contributed by atoms with E-state index in [1.165, 1.54) is 7.11 Å². The Kier molecular flexibility index (Phi) is 3.60. The minimum absolute atomic E-state index is 0.467. The molecule has 1 rings (SSSR count). The van der Waals surface area contributed by atoms with Crippen molar-refractivity contribution in [1.29, 1.82) is 0 Å². The normalized spacial score (nSPS) is 46.4. The Morgan fingerprint density at radius 1 is 1.23 bits per heavy atom. The molecule has 1 aliphatic rings. The van der Waals surface area contributed by atoms with Crippen molar-refractivity contribution in [2.24, 2.45) is 0 Å². The molecular formula is C7H14O6. The lowest BCUT2D eigenvalue weighted by molar-refractivity contribution is -0.291. The van der Waals surface area contributed by atoms with Crippen molar-refractivity contribution in [2.75, 3.05) is 13.7 Å². The number of ether oxygens (including phenoxy) is 2. The topological polar surface area (TPSA) is 99.4 Å². The molecule has 5 atom stereocenters. The Morgan fingerprint density at radius 3 is 2.31 bits per heavy atom. The molecule has 78 valence electrons. The molecular weight excluding hydrogens is 180 g/mol. The lowest BCUT2D eigenvalue weighted by Gasteiger charge is -2.39. The summed E-state index contributed by atoms with van der Waals surface area (Å²) in [6.07, 6.45) is -5.81. The second-order valence-corrected chi connectivity index (χ2v) is 2.93. The SMILES string of the molecule is CO[C@H]1[C@H](O)[C@H](O)[C@H](CO)O[C@H]1O. The fourth-order valence-electron chi connectivity index (χ4n) is 1.33. The quantitative estimate of drug-likeness (QED) is 0.386. The van der Waals surface area contributed by atoms with Crippen LogP contribution in [-0.2, 0) is 9.47 Å². The van der Waals surface area contributed by atoms with Gasteiger partial charge in [0.05, 0.1) is 6.61 Å². The second kappa shape index (κ2) is 4.32. The van der Waals surface area contributed by atoms with E-state index in [4.69, 9.17) is 14.6 Å². The molecule has 0 aromatic carbocycles. The summed E-state index contributed by atoms with van der Waals surface area (Å²) < 4.78 is 9.50. The highest BCUT2D eigenvalue weighted by molar-refractivity contribution is 4.88. The largest absolute Gasteiger partial charge is 0.394 e. The first-order chi connectivity index (χ1) is 6.11. The number of aliphatic hydroxyl groups excluding tert-OH is 4. The summed E-state index contributed by atoms with van der Waals surface area (Å²) in [5, 5.41) is 36.7. The summed E-state index contributed by atoms with van der Waals surface area (Å²) in [5.74, 6) is 0. The van der Waals surface area contributed by atoms with E-state index in [1.54, 1.807) is 0 Å². The number of hydrogen-bond donors (Lipinski definition) is 4. The Balaban J connectivity index is 2.66. The summed E-state index contributed by atoms with van der Waals surface area (Å²) in [5.41, 5.74) is 0. The van der Waals surface area contributed by atoms with Crippen LogP contribution < -0.4 is 0 Å². The minimum Gasteiger partial charge on any atom is -0.394 e. The molecule has 0 unspecified atom stereocenters. The van der Waals surface area contributed by atoms with Gasteiger partial charge in [0.25, 0.3) is 0 Å². The third-order valence-corrected chi connectivity index (χ3v) is 2.11. The fraction of sp³-hybridized carbons (Fsp3) is 1.00. The summed E-state index contributed by atoms with van der Waals surface area (Å²) in [6, 6.07) is 0. The van der Waals surface area contributed by atoms with Gasteiger partial charge in [-0.25, -0.2) is 0 Å². The van der Waals surface area contributed by atoms with Gasteiger partial charge in [-0.1, -0.05) is 0 Å². The molecule has 0 aromatic rings. The molecule has 1 fully saturated rings. The van der Waals surface area contributed by atoms with Crippen LogP contribution in [0.2, 0.25) is 0 Å². The molecule has 0 bridgehead atoms. The van der Waals surface area contributed by atoms with Gasteiger partial charge < -0.3 is 29.9 Å². The first-order valence-electron chi connectivity index (χ1n) is 3.95. The summed E-state index contributed by atoms with van der Waals surface area (Å²) in [4.78, 5) is 0. The van der Waals surface area contributed by atoms with Gasteiger partial charge in [-0.3, -0.25) is 0 Å². The van der Waals surface area contributed by atoms with Crippen molar-refractivity contribution < 1.29 is 29.9 Å². The molecule has 13 heavy (non-hydrogen) atoms. The van der Waals surface area contributed by atoms with Crippen LogP contribution in [0.5, 0.6) is 0 Å². The Bertz CT molecular complexity index is 163. The predicted octanol–water partition coefficient (Wildman–Crippen LogP) is -2.57. The van der Waals surface area contributed by atoms with Gasteiger partial charge in [0.15, 0.2) is 6.29 Å². The Morgan fingerprint density at radius 2 is 1.85 bits per heavy atom. The van der Waals surface area contributed by atoms with Crippen LogP contribution in [0.4, 0.5) is 0 Å². The van der Waals surface area contributed by atoms with Crippen LogP contribution in [0.15, 0.2) is 0 Å². The molecule has 0 radical (unpaired) electrons. The van der Waals surface area contributed by atoms with Crippen LogP contribution in [0.1, 0.15) is 0 Å². The molecule has 0 aliphatic carbocycles. The number of rotatable bonds is 2. The molecule has 0 amide bonds. The van der Waals surface area contributed by atoms with Gasteiger partial charge in [0, 0.05) is 7.11 Å². The van der Waals surface area contributed by atoms with Gasteiger partial charge in [-0.2, -0.15) is 0 Å². The molecule has 0 saturated carbocycles. The molecule has 1 saturated heterocycles. The van der Waals surface area contributed by atoms with E-state index in [1.807, 2.05) is 0 Å². The van der Waals surface area contributed by atoms with Crippen molar-refractivity contribution >= 4 is 0 Å². The van der Waals surface area contributed by atoms with Gasteiger partial charge in [-0.05, 0) is 0 Å². The van der Waals surface area contributed by atoms with Gasteiger partial charge in [-0.15, -0.1) is 0 Å². The lowest BCUT2D eigenvalue weighted by atomic mass is 9.99. The van der Waals surface area contributed by atoms with Crippen LogP contribution >= 0.6 is 0 Å². The first kappa shape index (κ1) is 10.8. The Labute approximate surface area is 75.3 Å². The zero-order valence-corrected chi connectivity index (χ0v) is 7.20. The first-order valence-corrected chi connectivity index (χ1v) is 3.95. The minimum atomic E-state index is -1.33. The van der Waals surface area contributed by atoms with Crippen molar-refractivity contribution in [3.8, 4) is 0 Å². The van der Waals surface area contributed by atoms with Crippen LogP contribution in [0.25, 0.3) is 0 Å². The highest BCUT2D eigenvalue weighted by atomic mass is 16.7. The lowest BCUT2D eigenvalue weighted by Crippen LogP contribution is -2.59. The monoisotopic (exact) mass is 194 g/mol. The average molecular weight is 194 g/mol. The second-order valence-electron chi connectivity index (χ2n) is 2.93. The summed E-state index contributed by atoms with van der Waals surface area (Å²) in [7, 11) is 1.28. The molecule has 4 N–H and O–H groups in total. The van der Waals surface area contributed by atoms with Crippen molar-refractivity contribution in [1.82, 2.24) is 0 Å². The molecule has 6 heteroatoms. The molecule has 1 aliphatic heterocycles. The summed E-state index contributed by atoms with van der Waals surface area (Å²) >= 11 is 0. The zero-order valence-electron chi connectivity index (χ0n) is 7.20. The molecule has 0 aromatic heterocycles. The van der Waals surface area contributed by atoms with Crippen LogP contribution in [0.3, 0.4) is 0 Å². The predicted molar refractivity (Wildman–Crippen MR) is 40.8 cm³/mol. The highest BCUT2D eigenvalue weighted by Gasteiger charge is 2.43. The van der Waals surface area contributed by atoms with Crippen molar-refractivity contribution in [3.63, 3.8) is 0 Å². The van der Waals surface area contributed by atoms with Crippen LogP contribution in [0, 0.1) is 0 Å². The Hall–Kier alpha value is -0.240. The maximum absolute atomic E-state index is 9.38. The van der Waals surface area contributed by atoms with E-state index in [-0.39, 0.29) is 0 Å². The van der Waals surface area contributed by atoms with E-state index >= 15 is 0 Å². The maximum atomic E-state index is 9.38. The van der Waals surface area contributed by atoms with Crippen molar-refractivity contribution in [3.05, 3.63) is 0 Å². The third-order valence-electron chi connectivity index (χ3n) is 2.11. The number of hydrogen-bond acceptors (Lipinski definition) is 6. The molecule has 1 heterocycles. The van der Waals surface area contributed by atoms with Gasteiger partial charge >= 0.3 is 0 Å². The number of aliphatic hydroxyl groups is 4. The standard InChI is InChI=1S/C7H14O6/c1-12-6-5(10)4(9)3(2-8)13-7(6)11/h3-11H,2H2,1H3/t3-,4+,5+,6-,7+/m0/s1. The van der Waals surface area contributed by atoms with Crippen molar-refractivity contribution in [2.45, 2.75) is 30.7 Å². The van der Waals surface area contributed by atoms with Crippen LogP contribution in [-0.4, -0.2) is 64.8 Å². The van der Waals surface area contributed by atoms with Gasteiger partial charge in [0.2, 0.25) is 0 Å². The van der Waals surface area contributed by atoms with E-state index in [2.05, 4.69) is 0 Å². The van der Waals surface area contributed by atoms with Gasteiger partial charge in [0.1, 0.15) is 24.4 Å². The zero-order chi connectivity index (χ0) is 10.0. The highest BCUT2D eigenvalue weighted by Crippen LogP contribution is 2.21. The smallest absolute Gasteiger partial charge is 0.184 e. The summed E-state index contributed by atoms with van der Waals surface area (Å²) in [6.45, 7) is -0.467. The average Bonchev–Trinajstić information content (AvgIpc) is 2.12. The van der Waals surface area contributed by atoms with E-state index in [9.17, 15) is 15.3 Å². The molecule has 6 nitrogen and oxygen atoms in total. The fourth-order valence-corrected chi connectivity index (χ4v) is 1.33. The van der Waals surface area contributed by atoms with E-state index < -0.39 is 37.3 Å². The van der Waals surface area contributed by atoms with E-state index in [0.29, 0.717) is 0 Å². The molecule has 0 spiro atoms. The number of methoxy groups -OCH3 is 1.